The number of aliphatic hydroxyl groups is 2. The van der Waals surface area contributed by atoms with Crippen LogP contribution in [-0.2, 0) is 51.0 Å². The van der Waals surface area contributed by atoms with Crippen molar-refractivity contribution in [1.82, 2.24) is 9.55 Å². The molecule has 9 atom stereocenters. The van der Waals surface area contributed by atoms with E-state index in [2.05, 4.69) is 42.2 Å². The lowest BCUT2D eigenvalue weighted by molar-refractivity contribution is -0.161. The third-order valence-corrected chi connectivity index (χ3v) is 15.6. The van der Waals surface area contributed by atoms with Gasteiger partial charge in [0, 0.05) is 19.0 Å². The molecule has 416 valence electrons. The topological polar surface area (TPSA) is 278 Å². The van der Waals surface area contributed by atoms with E-state index in [-0.39, 0.29) is 18.7 Å². The predicted octanol–water partition coefficient (Wildman–Crippen LogP) is 10.5. The molecule has 0 spiro atoms. The van der Waals surface area contributed by atoms with Crippen molar-refractivity contribution in [3.05, 3.63) is 34.9 Å². The minimum atomic E-state index is -5.43. The Hall–Kier alpha value is -2.54. The molecule has 3 rings (SSSR count). The van der Waals surface area contributed by atoms with E-state index in [1.54, 1.807) is 0 Å². The second-order valence-corrected chi connectivity index (χ2v) is 23.0. The van der Waals surface area contributed by atoms with Gasteiger partial charge in [-0.25, -0.2) is 13.9 Å². The Kier molecular flexibility index (Phi) is 32.3. The molecule has 2 aliphatic rings. The fourth-order valence-electron chi connectivity index (χ4n) is 8.62. The molecule has 4 unspecified atom stereocenters. The highest BCUT2D eigenvalue weighted by Crippen LogP contribution is 2.60. The number of nitrogen functional groups attached to an aromatic ring is 1. The molecule has 6 N–H and O–H groups in total. The van der Waals surface area contributed by atoms with Crippen molar-refractivity contribution in [1.29, 1.82) is 0 Å². The van der Waals surface area contributed by atoms with E-state index in [1.165, 1.54) is 102 Å². The largest absolute Gasteiger partial charge is 0.481 e. The molecule has 19 nitrogen and oxygen atoms in total. The number of anilines is 1. The van der Waals surface area contributed by atoms with Gasteiger partial charge in [0.05, 0.1) is 25.4 Å². The second-order valence-electron chi connectivity index (χ2n) is 20.0. The molecule has 0 radical (unpaired) electrons. The summed E-state index contributed by atoms with van der Waals surface area (Å²) in [6, 6.07) is 1.25. The quantitative estimate of drug-likeness (QED) is 0.0134. The first-order valence-electron chi connectivity index (χ1n) is 27.2. The number of carbonyl (C=O) groups excluding carboxylic acids is 2. The molecule has 2 fully saturated rings. The van der Waals surface area contributed by atoms with Gasteiger partial charge in [0.1, 0.15) is 30.7 Å². The summed E-state index contributed by atoms with van der Waals surface area (Å²) >= 11 is 0. The molecule has 0 aliphatic carbocycles. The van der Waals surface area contributed by atoms with E-state index >= 15 is 0 Å². The Balaban J connectivity index is 1.37. The minimum Gasteiger partial charge on any atom is -0.462 e. The van der Waals surface area contributed by atoms with Crippen LogP contribution >= 0.6 is 15.6 Å². The summed E-state index contributed by atoms with van der Waals surface area (Å²) in [6.07, 6.45) is 28.8. The van der Waals surface area contributed by atoms with E-state index < -0.39 is 83.7 Å². The summed E-state index contributed by atoms with van der Waals surface area (Å²) in [7, 11) is -10.8. The summed E-state index contributed by atoms with van der Waals surface area (Å²) in [5.74, 6) is -0.505. The molecule has 21 heteroatoms. The summed E-state index contributed by atoms with van der Waals surface area (Å²) in [5, 5.41) is 20.9. The number of carbonyl (C=O) groups is 2. The van der Waals surface area contributed by atoms with Gasteiger partial charge in [0.2, 0.25) is 0 Å². The van der Waals surface area contributed by atoms with Crippen LogP contribution in [0.15, 0.2) is 29.2 Å². The molecular weight excluding hydrogens is 973 g/mol. The smallest absolute Gasteiger partial charge is 0.462 e. The molecule has 0 bridgehead atoms. The molecule has 0 amide bonds. The third kappa shape index (κ3) is 28.9. The van der Waals surface area contributed by atoms with E-state index in [0.717, 1.165) is 81.1 Å². The fraction of sp³-hybridized carbons (Fsp3) is 0.843. The standard InChI is InChI=1S/C51H91N3O16P2/c1-4-5-25-31-42-43(68-42)32-27-22-18-15-16-19-23-28-33-46(55)64-37-41(67-47(56)34-29-24-20-14-12-10-8-6-7-9-11-13-17-21-26-30-40(2)3)38-65-71(60,61)70-72(62,63)66-39-44-48(57)49(58)50(69-44)54-36-35-45(52)53-51(54)59/h22,27,35-36,40-44,48-50,57-58H,4-21,23-26,28-34,37-39H2,1-3H3,(H,60,61)(H,62,63)(H2,52,53,59)/b27-22-/t41-,42?,43?,44-,48-,49-,50-/m1/s1. The SMILES string of the molecule is CCCCCC1OC1C/C=C\CCCCCCCC(=O)OC[C@H](COP(=O)(O)OP(=O)(O)OC[C@H]1O[C@@H](n2ccc(N)nc2=O)[C@H](O)[C@@H]1O)OC(=O)CCCCCCCCCCCCCCCCCC(C)C. The highest BCUT2D eigenvalue weighted by Gasteiger charge is 2.46. The van der Waals surface area contributed by atoms with E-state index in [1.807, 2.05) is 0 Å². The summed E-state index contributed by atoms with van der Waals surface area (Å²) in [6.45, 7) is 4.47. The molecule has 2 aliphatic heterocycles. The fourth-order valence-corrected chi connectivity index (χ4v) is 10.7. The molecular formula is C51H91N3O16P2. The van der Waals surface area contributed by atoms with Gasteiger partial charge in [-0.2, -0.15) is 9.29 Å². The van der Waals surface area contributed by atoms with Gasteiger partial charge >= 0.3 is 33.3 Å². The first-order chi connectivity index (χ1) is 34.5. The number of esters is 2. The average molecular weight is 1060 g/mol. The van der Waals surface area contributed by atoms with Gasteiger partial charge in [-0.1, -0.05) is 168 Å². The number of nitrogens with zero attached hydrogens (tertiary/aromatic N) is 2. The van der Waals surface area contributed by atoms with Crippen molar-refractivity contribution in [3.8, 4) is 0 Å². The lowest BCUT2D eigenvalue weighted by atomic mass is 10.0. The van der Waals surface area contributed by atoms with Crippen LogP contribution in [0.4, 0.5) is 5.82 Å². The Morgan fingerprint density at radius 3 is 1.89 bits per heavy atom. The van der Waals surface area contributed by atoms with Crippen molar-refractivity contribution in [3.63, 3.8) is 0 Å². The summed E-state index contributed by atoms with van der Waals surface area (Å²) in [5.41, 5.74) is 4.60. The van der Waals surface area contributed by atoms with Crippen molar-refractivity contribution < 1.29 is 71.0 Å². The van der Waals surface area contributed by atoms with Gasteiger partial charge in [0.15, 0.2) is 12.3 Å². The number of aromatic nitrogens is 2. The monoisotopic (exact) mass is 1060 g/mol. The number of hydrogen-bond donors (Lipinski definition) is 5. The van der Waals surface area contributed by atoms with Crippen LogP contribution in [0.2, 0.25) is 0 Å². The molecule has 2 saturated heterocycles. The number of unbranched alkanes of at least 4 members (excludes halogenated alkanes) is 21. The number of epoxide rings is 1. The number of phosphoric acid groups is 2. The van der Waals surface area contributed by atoms with Crippen molar-refractivity contribution >= 4 is 33.4 Å². The van der Waals surface area contributed by atoms with Gasteiger partial charge < -0.3 is 44.7 Å². The highest BCUT2D eigenvalue weighted by atomic mass is 31.3. The first kappa shape index (κ1) is 63.8. The molecule has 0 saturated carbocycles. The Morgan fingerprint density at radius 2 is 1.29 bits per heavy atom. The number of nitrogens with two attached hydrogens (primary N) is 1. The van der Waals surface area contributed by atoms with Crippen LogP contribution in [0.25, 0.3) is 0 Å². The van der Waals surface area contributed by atoms with E-state index in [9.17, 15) is 43.5 Å². The zero-order valence-electron chi connectivity index (χ0n) is 43.6. The lowest BCUT2D eigenvalue weighted by Gasteiger charge is -2.21. The van der Waals surface area contributed by atoms with Crippen molar-refractivity contribution in [2.24, 2.45) is 5.92 Å². The van der Waals surface area contributed by atoms with E-state index in [0.29, 0.717) is 25.0 Å². The lowest BCUT2D eigenvalue weighted by Crippen LogP contribution is -2.36. The number of phosphoric ester groups is 2. The van der Waals surface area contributed by atoms with Gasteiger partial charge in [-0.05, 0) is 50.5 Å². The zero-order chi connectivity index (χ0) is 52.6. The normalized spacial score (nSPS) is 22.0. The van der Waals surface area contributed by atoms with Gasteiger partial charge in [-0.3, -0.25) is 23.2 Å². The number of aliphatic hydroxyl groups excluding tert-OH is 2. The maximum atomic E-state index is 12.9. The van der Waals surface area contributed by atoms with Gasteiger partial charge in [0.25, 0.3) is 0 Å². The maximum absolute atomic E-state index is 12.9. The van der Waals surface area contributed by atoms with Crippen LogP contribution in [0, 0.1) is 5.92 Å². The summed E-state index contributed by atoms with van der Waals surface area (Å²) in [4.78, 5) is 62.0. The number of ether oxygens (including phenoxy) is 4. The van der Waals surface area contributed by atoms with Gasteiger partial charge in [-0.15, -0.1) is 0 Å². The van der Waals surface area contributed by atoms with Crippen LogP contribution in [0.1, 0.15) is 213 Å². The molecule has 72 heavy (non-hydrogen) atoms. The van der Waals surface area contributed by atoms with Crippen molar-refractivity contribution in [2.45, 2.75) is 250 Å². The highest BCUT2D eigenvalue weighted by molar-refractivity contribution is 7.61. The van der Waals surface area contributed by atoms with Crippen LogP contribution in [0.3, 0.4) is 0 Å². The molecule has 1 aromatic rings. The Morgan fingerprint density at radius 1 is 0.722 bits per heavy atom. The Labute approximate surface area is 428 Å². The average Bonchev–Trinajstić information content (AvgIpc) is 4.01. The minimum absolute atomic E-state index is 0.0492. The molecule has 1 aromatic heterocycles. The molecule has 0 aromatic carbocycles. The number of allylic oxidation sites excluding steroid dienone is 1. The summed E-state index contributed by atoms with van der Waals surface area (Å²) < 4.78 is 62.7. The zero-order valence-corrected chi connectivity index (χ0v) is 45.4. The number of hydrogen-bond acceptors (Lipinski definition) is 16. The number of rotatable bonds is 44. The molecule has 3 heterocycles. The maximum Gasteiger partial charge on any atom is 0.481 e. The van der Waals surface area contributed by atoms with Crippen LogP contribution in [0.5, 0.6) is 0 Å². The van der Waals surface area contributed by atoms with E-state index in [4.69, 9.17) is 33.7 Å². The van der Waals surface area contributed by atoms with Crippen molar-refractivity contribution in [2.75, 3.05) is 25.6 Å². The Bertz CT molecular complexity index is 1840. The van der Waals surface area contributed by atoms with Crippen LogP contribution in [-0.4, -0.2) is 97.9 Å². The first-order valence-corrected chi connectivity index (χ1v) is 30.2. The third-order valence-electron chi connectivity index (χ3n) is 13.0. The predicted molar refractivity (Wildman–Crippen MR) is 275 cm³/mol. The van der Waals surface area contributed by atoms with Crippen LogP contribution < -0.4 is 11.4 Å². The second kappa shape index (κ2) is 36.4.